The van der Waals surface area contributed by atoms with Crippen molar-refractivity contribution in [2.24, 2.45) is 11.7 Å². The van der Waals surface area contributed by atoms with Gasteiger partial charge in [0, 0.05) is 6.54 Å². The monoisotopic (exact) mass is 230 g/mol. The number of unbranched alkanes of at least 4 members (excludes halogenated alkanes) is 1. The van der Waals surface area contributed by atoms with Crippen LogP contribution < -0.4 is 5.73 Å². The summed E-state index contributed by atoms with van der Waals surface area (Å²) in [5, 5.41) is 18.1. The van der Waals surface area contributed by atoms with Crippen LogP contribution in [-0.4, -0.2) is 54.0 Å². The molecule has 0 amide bonds. The first-order valence-corrected chi connectivity index (χ1v) is 6.47. The van der Waals surface area contributed by atoms with Gasteiger partial charge in [-0.15, -0.1) is 0 Å². The highest BCUT2D eigenvalue weighted by atomic mass is 16.3. The first-order chi connectivity index (χ1) is 7.76. The summed E-state index contributed by atoms with van der Waals surface area (Å²) in [6.07, 6.45) is 5.57. The molecule has 4 nitrogen and oxygen atoms in total. The SMILES string of the molecule is NCCCCC1CCN(CC(O)CO)CC1. The maximum absolute atomic E-state index is 9.34. The molecule has 1 heterocycles. The minimum Gasteiger partial charge on any atom is -0.394 e. The van der Waals surface area contributed by atoms with E-state index in [0.717, 1.165) is 32.0 Å². The molecule has 4 N–H and O–H groups in total. The average molecular weight is 230 g/mol. The van der Waals surface area contributed by atoms with E-state index in [0.29, 0.717) is 6.54 Å². The van der Waals surface area contributed by atoms with Crippen molar-refractivity contribution >= 4 is 0 Å². The van der Waals surface area contributed by atoms with Crippen LogP contribution in [0.25, 0.3) is 0 Å². The van der Waals surface area contributed by atoms with Crippen LogP contribution >= 0.6 is 0 Å². The molecule has 0 spiro atoms. The Morgan fingerprint density at radius 2 is 1.94 bits per heavy atom. The van der Waals surface area contributed by atoms with Gasteiger partial charge in [0.05, 0.1) is 12.7 Å². The van der Waals surface area contributed by atoms with Gasteiger partial charge < -0.3 is 20.8 Å². The molecule has 96 valence electrons. The van der Waals surface area contributed by atoms with Gasteiger partial charge >= 0.3 is 0 Å². The molecule has 0 radical (unpaired) electrons. The number of hydrogen-bond acceptors (Lipinski definition) is 4. The van der Waals surface area contributed by atoms with Crippen molar-refractivity contribution in [3.05, 3.63) is 0 Å². The minimum absolute atomic E-state index is 0.129. The number of nitrogens with zero attached hydrogens (tertiary/aromatic N) is 1. The lowest BCUT2D eigenvalue weighted by atomic mass is 9.91. The number of piperidine rings is 1. The Hall–Kier alpha value is -0.160. The van der Waals surface area contributed by atoms with Gasteiger partial charge in [-0.25, -0.2) is 0 Å². The molecule has 1 fully saturated rings. The third-order valence-electron chi connectivity index (χ3n) is 3.45. The first-order valence-electron chi connectivity index (χ1n) is 6.47. The summed E-state index contributed by atoms with van der Waals surface area (Å²) in [4.78, 5) is 2.25. The van der Waals surface area contributed by atoms with E-state index in [1.165, 1.54) is 25.7 Å². The molecule has 4 heteroatoms. The summed E-state index contributed by atoms with van der Waals surface area (Å²) in [7, 11) is 0. The molecule has 1 saturated heterocycles. The number of likely N-dealkylation sites (tertiary alicyclic amines) is 1. The van der Waals surface area contributed by atoms with Gasteiger partial charge in [0.15, 0.2) is 0 Å². The lowest BCUT2D eigenvalue weighted by molar-refractivity contribution is 0.0467. The van der Waals surface area contributed by atoms with Crippen LogP contribution in [0.1, 0.15) is 32.1 Å². The number of hydrogen-bond donors (Lipinski definition) is 3. The maximum Gasteiger partial charge on any atom is 0.0897 e. The summed E-state index contributed by atoms with van der Waals surface area (Å²) < 4.78 is 0. The molecule has 0 aromatic rings. The zero-order chi connectivity index (χ0) is 11.8. The summed E-state index contributed by atoms with van der Waals surface area (Å²) in [6.45, 7) is 3.42. The lowest BCUT2D eigenvalue weighted by Crippen LogP contribution is -2.39. The number of β-amino-alcohol motifs (C(OH)–C–C–N with tert-alkyl or cyclic N) is 1. The van der Waals surface area contributed by atoms with E-state index >= 15 is 0 Å². The molecule has 1 aliphatic rings. The topological polar surface area (TPSA) is 69.7 Å². The quantitative estimate of drug-likeness (QED) is 0.546. The highest BCUT2D eigenvalue weighted by molar-refractivity contribution is 4.74. The first kappa shape index (κ1) is 13.9. The van der Waals surface area contributed by atoms with E-state index in [-0.39, 0.29) is 6.61 Å². The zero-order valence-corrected chi connectivity index (χ0v) is 10.1. The molecule has 0 saturated carbocycles. The molecule has 16 heavy (non-hydrogen) atoms. The fraction of sp³-hybridized carbons (Fsp3) is 1.00. The van der Waals surface area contributed by atoms with Gasteiger partial charge in [0.25, 0.3) is 0 Å². The molecule has 0 aliphatic carbocycles. The summed E-state index contributed by atoms with van der Waals surface area (Å²) >= 11 is 0. The maximum atomic E-state index is 9.34. The Morgan fingerprint density at radius 1 is 1.25 bits per heavy atom. The van der Waals surface area contributed by atoms with Gasteiger partial charge in [-0.2, -0.15) is 0 Å². The zero-order valence-electron chi connectivity index (χ0n) is 10.1. The second-order valence-electron chi connectivity index (χ2n) is 4.86. The van der Waals surface area contributed by atoms with Gasteiger partial charge in [0.2, 0.25) is 0 Å². The van der Waals surface area contributed by atoms with Crippen molar-refractivity contribution in [2.45, 2.75) is 38.2 Å². The molecular formula is C12H26N2O2. The standard InChI is InChI=1S/C12H26N2O2/c13-6-2-1-3-11-4-7-14(8-5-11)9-12(16)10-15/h11-12,15-16H,1-10,13H2. The molecule has 1 aliphatic heterocycles. The van der Waals surface area contributed by atoms with Gasteiger partial charge in [-0.3, -0.25) is 0 Å². The Labute approximate surface area is 98.4 Å². The lowest BCUT2D eigenvalue weighted by Gasteiger charge is -2.32. The van der Waals surface area contributed by atoms with Crippen molar-refractivity contribution in [3.8, 4) is 0 Å². The van der Waals surface area contributed by atoms with Crippen molar-refractivity contribution in [1.82, 2.24) is 4.90 Å². The predicted molar refractivity (Wildman–Crippen MR) is 65.2 cm³/mol. The van der Waals surface area contributed by atoms with Crippen LogP contribution in [-0.2, 0) is 0 Å². The minimum atomic E-state index is -0.575. The van der Waals surface area contributed by atoms with E-state index < -0.39 is 6.10 Å². The Bertz CT molecular complexity index is 170. The van der Waals surface area contributed by atoms with Crippen LogP contribution in [0.3, 0.4) is 0 Å². The molecular weight excluding hydrogens is 204 g/mol. The van der Waals surface area contributed by atoms with Crippen LogP contribution in [0, 0.1) is 5.92 Å². The Kier molecular flexibility index (Phi) is 6.96. The van der Waals surface area contributed by atoms with E-state index in [1.54, 1.807) is 0 Å². The van der Waals surface area contributed by atoms with Gasteiger partial charge in [0.1, 0.15) is 0 Å². The third kappa shape index (κ3) is 5.25. The average Bonchev–Trinajstić information content (AvgIpc) is 2.31. The van der Waals surface area contributed by atoms with Crippen molar-refractivity contribution in [2.75, 3.05) is 32.8 Å². The highest BCUT2D eigenvalue weighted by Crippen LogP contribution is 2.22. The molecule has 0 bridgehead atoms. The van der Waals surface area contributed by atoms with Crippen molar-refractivity contribution < 1.29 is 10.2 Å². The molecule has 1 unspecified atom stereocenters. The molecule has 1 atom stereocenters. The van der Waals surface area contributed by atoms with Crippen molar-refractivity contribution in [1.29, 1.82) is 0 Å². The predicted octanol–water partition coefficient (Wildman–Crippen LogP) is 0.181. The Balaban J connectivity index is 2.08. The summed E-state index contributed by atoms with van der Waals surface area (Å²) in [6, 6.07) is 0. The van der Waals surface area contributed by atoms with E-state index in [1.807, 2.05) is 0 Å². The van der Waals surface area contributed by atoms with E-state index in [9.17, 15) is 5.11 Å². The summed E-state index contributed by atoms with van der Waals surface area (Å²) in [5.41, 5.74) is 5.48. The number of nitrogens with two attached hydrogens (primary N) is 1. The second kappa shape index (κ2) is 8.01. The van der Waals surface area contributed by atoms with Crippen LogP contribution in [0.5, 0.6) is 0 Å². The number of aliphatic hydroxyl groups excluding tert-OH is 2. The second-order valence-corrected chi connectivity index (χ2v) is 4.86. The number of aliphatic hydroxyl groups is 2. The fourth-order valence-electron chi connectivity index (χ4n) is 2.39. The van der Waals surface area contributed by atoms with E-state index in [4.69, 9.17) is 10.8 Å². The highest BCUT2D eigenvalue weighted by Gasteiger charge is 2.20. The summed E-state index contributed by atoms with van der Waals surface area (Å²) in [5.74, 6) is 0.842. The molecule has 1 rings (SSSR count). The largest absolute Gasteiger partial charge is 0.394 e. The fourth-order valence-corrected chi connectivity index (χ4v) is 2.39. The van der Waals surface area contributed by atoms with Crippen LogP contribution in [0.15, 0.2) is 0 Å². The molecule has 0 aromatic heterocycles. The van der Waals surface area contributed by atoms with Gasteiger partial charge in [-0.1, -0.05) is 12.8 Å². The number of rotatable bonds is 7. The van der Waals surface area contributed by atoms with E-state index in [2.05, 4.69) is 4.90 Å². The molecule has 0 aromatic carbocycles. The third-order valence-corrected chi connectivity index (χ3v) is 3.45. The normalized spacial score (nSPS) is 21.2. The van der Waals surface area contributed by atoms with Crippen LogP contribution in [0.2, 0.25) is 0 Å². The van der Waals surface area contributed by atoms with Crippen molar-refractivity contribution in [3.63, 3.8) is 0 Å². The van der Waals surface area contributed by atoms with Gasteiger partial charge in [-0.05, 0) is 44.8 Å². The smallest absolute Gasteiger partial charge is 0.0897 e. The van der Waals surface area contributed by atoms with Crippen LogP contribution in [0.4, 0.5) is 0 Å². The Morgan fingerprint density at radius 3 is 2.50 bits per heavy atom.